The van der Waals surface area contributed by atoms with Crippen molar-refractivity contribution in [3.8, 4) is 0 Å². The number of unbranched alkanes of at least 4 members (excludes halogenated alkanes) is 18. The fourth-order valence-corrected chi connectivity index (χ4v) is 7.18. The maximum absolute atomic E-state index is 13.4. The summed E-state index contributed by atoms with van der Waals surface area (Å²) < 4.78 is 18.7. The average molecular weight is 745 g/mol. The van der Waals surface area contributed by atoms with E-state index in [1.807, 2.05) is 0 Å². The molecular weight excluding hydrogens is 672 g/mol. The molecule has 0 saturated carbocycles. The standard InChI is InChI=1S/C38H72N4O10/c1-2-3-4-5-6-7-8-9-10-14-17-20-23-31(44)33(45)30(28-51-37-36(48)35(47)34(46)32(25-43)52-37)42-38(49)41(39-40-42)24-21-18-15-12-11-13-16-19-22-29-26-50-27-29/h29-37,43-48H,2-28H2,1H3/t30-,31+,32?,33-,34?,35?,36?,37?/m0/s1. The fourth-order valence-electron chi connectivity index (χ4n) is 7.18. The van der Waals surface area contributed by atoms with Gasteiger partial charge in [0.05, 0.1) is 32.5 Å². The Kier molecular flexibility index (Phi) is 22.7. The molecule has 0 radical (unpaired) electrons. The van der Waals surface area contributed by atoms with Crippen LogP contribution in [0.15, 0.2) is 4.79 Å². The van der Waals surface area contributed by atoms with Gasteiger partial charge in [0.2, 0.25) is 0 Å². The van der Waals surface area contributed by atoms with E-state index in [-0.39, 0.29) is 0 Å². The van der Waals surface area contributed by atoms with Crippen molar-refractivity contribution in [2.45, 2.75) is 204 Å². The molecule has 8 atom stereocenters. The van der Waals surface area contributed by atoms with Crippen LogP contribution in [0.5, 0.6) is 0 Å². The lowest BCUT2D eigenvalue weighted by molar-refractivity contribution is -0.304. The molecule has 0 aromatic carbocycles. The van der Waals surface area contributed by atoms with Gasteiger partial charge in [-0.05, 0) is 29.7 Å². The van der Waals surface area contributed by atoms with Gasteiger partial charge in [-0.15, -0.1) is 0 Å². The van der Waals surface area contributed by atoms with Gasteiger partial charge in [0.25, 0.3) is 0 Å². The van der Waals surface area contributed by atoms with Crippen LogP contribution in [0.4, 0.5) is 0 Å². The quantitative estimate of drug-likeness (QED) is 0.0602. The molecule has 52 heavy (non-hydrogen) atoms. The lowest BCUT2D eigenvalue weighted by Gasteiger charge is -2.40. The van der Waals surface area contributed by atoms with Crippen LogP contribution >= 0.6 is 0 Å². The second-order valence-corrected chi connectivity index (χ2v) is 15.3. The van der Waals surface area contributed by atoms with Crippen molar-refractivity contribution in [3.05, 3.63) is 10.5 Å². The van der Waals surface area contributed by atoms with Crippen molar-refractivity contribution in [1.29, 1.82) is 0 Å². The number of aliphatic hydroxyl groups is 6. The monoisotopic (exact) mass is 745 g/mol. The Bertz CT molecular complexity index is 1090. The average Bonchev–Trinajstić information content (AvgIpc) is 3.48. The van der Waals surface area contributed by atoms with Gasteiger partial charge in [-0.1, -0.05) is 129 Å². The molecule has 6 N–H and O–H groups in total. The normalized spacial score (nSPS) is 24.2. The first-order valence-electron chi connectivity index (χ1n) is 20.7. The summed E-state index contributed by atoms with van der Waals surface area (Å²) in [6.07, 6.45) is 14.4. The minimum absolute atomic E-state index is 0.313. The van der Waals surface area contributed by atoms with E-state index in [2.05, 4.69) is 17.4 Å². The Morgan fingerprint density at radius 2 is 1.31 bits per heavy atom. The van der Waals surface area contributed by atoms with Crippen molar-refractivity contribution in [2.24, 2.45) is 5.92 Å². The van der Waals surface area contributed by atoms with Gasteiger partial charge in [0.15, 0.2) is 6.29 Å². The van der Waals surface area contributed by atoms with Crippen LogP contribution in [0.3, 0.4) is 0 Å². The third-order valence-electron chi connectivity index (χ3n) is 10.8. The summed E-state index contributed by atoms with van der Waals surface area (Å²) in [6.45, 7) is 3.39. The fraction of sp³-hybridized carbons (Fsp3) is 0.974. The van der Waals surface area contributed by atoms with Crippen LogP contribution in [0, 0.1) is 5.92 Å². The molecule has 304 valence electrons. The zero-order chi connectivity index (χ0) is 37.6. The van der Waals surface area contributed by atoms with E-state index in [0.717, 1.165) is 68.8 Å². The summed E-state index contributed by atoms with van der Waals surface area (Å²) in [5.41, 5.74) is -0.559. The van der Waals surface area contributed by atoms with E-state index in [0.29, 0.717) is 19.4 Å². The molecular formula is C38H72N4O10. The maximum Gasteiger partial charge on any atom is 0.364 e. The van der Waals surface area contributed by atoms with Crippen LogP contribution < -0.4 is 5.69 Å². The van der Waals surface area contributed by atoms with Gasteiger partial charge < -0.3 is 44.8 Å². The number of ether oxygens (including phenoxy) is 3. The zero-order valence-corrected chi connectivity index (χ0v) is 31.9. The summed E-state index contributed by atoms with van der Waals surface area (Å²) in [5.74, 6) is 0.768. The first kappa shape index (κ1) is 44.9. The van der Waals surface area contributed by atoms with Gasteiger partial charge in [-0.3, -0.25) is 0 Å². The third kappa shape index (κ3) is 15.7. The summed E-state index contributed by atoms with van der Waals surface area (Å²) in [6, 6.07) is -1.18. The van der Waals surface area contributed by atoms with Crippen molar-refractivity contribution < 1.29 is 44.8 Å². The SMILES string of the molecule is CCCCCCCCCCCCCC[C@@H](O)[C@@H](O)[C@H](COC1OC(CO)C(O)C(O)C1O)n1nnn(CCCCCCCCCCC2COC2)c1=O. The molecule has 1 aromatic heterocycles. The number of rotatable bonds is 31. The molecule has 0 spiro atoms. The summed E-state index contributed by atoms with van der Waals surface area (Å²) in [5, 5.41) is 70.8. The molecule has 3 heterocycles. The number of aromatic nitrogens is 4. The first-order chi connectivity index (χ1) is 25.3. The Hall–Kier alpha value is -1.49. The number of tetrazole rings is 1. The first-order valence-corrected chi connectivity index (χ1v) is 20.7. The second-order valence-electron chi connectivity index (χ2n) is 15.3. The Labute approximate surface area is 310 Å². The Balaban J connectivity index is 1.46. The summed E-state index contributed by atoms with van der Waals surface area (Å²) >= 11 is 0. The molecule has 0 bridgehead atoms. The van der Waals surface area contributed by atoms with Crippen LogP contribution in [0.25, 0.3) is 0 Å². The number of aliphatic hydroxyl groups excluding tert-OH is 6. The highest BCUT2D eigenvalue weighted by Gasteiger charge is 2.45. The minimum atomic E-state index is -1.66. The van der Waals surface area contributed by atoms with Crippen LogP contribution in [0.1, 0.15) is 154 Å². The molecule has 3 rings (SSSR count). The minimum Gasteiger partial charge on any atom is -0.394 e. The van der Waals surface area contributed by atoms with Gasteiger partial charge in [0, 0.05) is 12.5 Å². The highest BCUT2D eigenvalue weighted by atomic mass is 16.7. The Morgan fingerprint density at radius 3 is 1.87 bits per heavy atom. The van der Waals surface area contributed by atoms with E-state index in [9.17, 15) is 35.4 Å². The maximum atomic E-state index is 13.4. The van der Waals surface area contributed by atoms with Gasteiger partial charge in [-0.2, -0.15) is 9.36 Å². The van der Waals surface area contributed by atoms with Crippen molar-refractivity contribution >= 4 is 0 Å². The molecule has 5 unspecified atom stereocenters. The van der Waals surface area contributed by atoms with Gasteiger partial charge in [-0.25, -0.2) is 4.79 Å². The number of nitrogens with zero attached hydrogens (tertiary/aromatic N) is 4. The van der Waals surface area contributed by atoms with Crippen LogP contribution in [0.2, 0.25) is 0 Å². The molecule has 2 fully saturated rings. The van der Waals surface area contributed by atoms with E-state index in [1.165, 1.54) is 88.2 Å². The summed E-state index contributed by atoms with van der Waals surface area (Å²) in [7, 11) is 0. The molecule has 0 amide bonds. The van der Waals surface area contributed by atoms with Gasteiger partial charge in [0.1, 0.15) is 36.6 Å². The number of aryl methyl sites for hydroxylation is 1. The number of hydrogen-bond acceptors (Lipinski definition) is 12. The van der Waals surface area contributed by atoms with Crippen molar-refractivity contribution in [3.63, 3.8) is 0 Å². The smallest absolute Gasteiger partial charge is 0.364 e. The highest BCUT2D eigenvalue weighted by molar-refractivity contribution is 4.89. The van der Waals surface area contributed by atoms with E-state index in [1.54, 1.807) is 0 Å². The molecule has 14 heteroatoms. The predicted molar refractivity (Wildman–Crippen MR) is 197 cm³/mol. The van der Waals surface area contributed by atoms with E-state index >= 15 is 0 Å². The number of hydrogen-bond donors (Lipinski definition) is 6. The molecule has 14 nitrogen and oxygen atoms in total. The largest absolute Gasteiger partial charge is 0.394 e. The second kappa shape index (κ2) is 26.3. The van der Waals surface area contributed by atoms with Crippen LogP contribution in [-0.4, -0.2) is 120 Å². The van der Waals surface area contributed by atoms with E-state index in [4.69, 9.17) is 14.2 Å². The summed E-state index contributed by atoms with van der Waals surface area (Å²) in [4.78, 5) is 13.4. The van der Waals surface area contributed by atoms with Crippen LogP contribution in [-0.2, 0) is 20.8 Å². The van der Waals surface area contributed by atoms with E-state index < -0.39 is 67.9 Å². The molecule has 2 saturated heterocycles. The van der Waals surface area contributed by atoms with Crippen molar-refractivity contribution in [1.82, 2.24) is 19.8 Å². The van der Waals surface area contributed by atoms with Gasteiger partial charge >= 0.3 is 5.69 Å². The Morgan fingerprint density at radius 1 is 0.750 bits per heavy atom. The lowest BCUT2D eigenvalue weighted by atomic mass is 9.98. The zero-order valence-electron chi connectivity index (χ0n) is 31.9. The molecule has 2 aliphatic rings. The molecule has 0 aliphatic carbocycles. The molecule has 2 aliphatic heterocycles. The predicted octanol–water partition coefficient (Wildman–Crippen LogP) is 3.77. The van der Waals surface area contributed by atoms with Crippen molar-refractivity contribution in [2.75, 3.05) is 26.4 Å². The topological polar surface area (TPSA) is 202 Å². The molecule has 1 aromatic rings. The highest BCUT2D eigenvalue weighted by Crippen LogP contribution is 2.25. The lowest BCUT2D eigenvalue weighted by Crippen LogP contribution is -2.59. The third-order valence-corrected chi connectivity index (χ3v) is 10.8.